The molecule has 4 N–H and O–H groups in total. The molecule has 3 aromatic rings. The highest BCUT2D eigenvalue weighted by molar-refractivity contribution is 8.00. The molecule has 0 aliphatic rings. The Bertz CT molecular complexity index is 1310. The summed E-state index contributed by atoms with van der Waals surface area (Å²) in [4.78, 5) is 28.5. The van der Waals surface area contributed by atoms with E-state index in [1.807, 2.05) is 11.4 Å². The average Bonchev–Trinajstić information content (AvgIpc) is 3.32. The molecule has 2 aromatic heterocycles. The van der Waals surface area contributed by atoms with E-state index in [0.717, 1.165) is 11.8 Å². The minimum atomic E-state index is -1.21. The smallest absolute Gasteiger partial charge is 0.337 e. The van der Waals surface area contributed by atoms with Crippen molar-refractivity contribution < 1.29 is 14.7 Å². The number of carboxylic acid groups (broad SMARTS) is 1. The van der Waals surface area contributed by atoms with Crippen LogP contribution in [0.15, 0.2) is 40.1 Å². The summed E-state index contributed by atoms with van der Waals surface area (Å²) in [5.74, 6) is -1.65. The number of hydrogen-bond donors (Lipinski definition) is 3. The van der Waals surface area contributed by atoms with E-state index in [2.05, 4.69) is 16.4 Å². The van der Waals surface area contributed by atoms with Crippen molar-refractivity contribution in [2.45, 2.75) is 23.6 Å². The van der Waals surface area contributed by atoms with Crippen molar-refractivity contribution in [3.8, 4) is 23.3 Å². The SMILES string of the molecule is CCC(Sc1nc(N)c(C#N)c(-c2ccsc2)c1C#N)C(=O)Nc1ccc(Cl)c(C(=O)O)c1. The molecule has 1 amide bonds. The van der Waals surface area contributed by atoms with Gasteiger partial charge in [0.05, 0.1) is 21.4 Å². The number of amides is 1. The second-order valence-corrected chi connectivity index (χ2v) is 9.05. The summed E-state index contributed by atoms with van der Waals surface area (Å²) >= 11 is 8.35. The van der Waals surface area contributed by atoms with Crippen LogP contribution in [0.4, 0.5) is 11.5 Å². The lowest BCUT2D eigenvalue weighted by atomic mass is 9.99. The first-order chi connectivity index (χ1) is 15.8. The maximum atomic E-state index is 12.9. The Hall–Kier alpha value is -3.57. The van der Waals surface area contributed by atoms with Gasteiger partial charge in [-0.25, -0.2) is 9.78 Å². The Morgan fingerprint density at radius 3 is 2.61 bits per heavy atom. The van der Waals surface area contributed by atoms with Crippen molar-refractivity contribution in [1.82, 2.24) is 4.98 Å². The number of hydrogen-bond acceptors (Lipinski definition) is 8. The van der Waals surface area contributed by atoms with Crippen LogP contribution in [-0.4, -0.2) is 27.2 Å². The summed E-state index contributed by atoms with van der Waals surface area (Å²) in [6.07, 6.45) is 0.385. The molecular formula is C22H16ClN5O3S2. The third kappa shape index (κ3) is 5.10. The Balaban J connectivity index is 1.96. The molecule has 0 saturated heterocycles. The number of aromatic nitrogens is 1. The molecule has 33 heavy (non-hydrogen) atoms. The van der Waals surface area contributed by atoms with Crippen molar-refractivity contribution in [2.24, 2.45) is 0 Å². The molecule has 3 rings (SSSR count). The number of rotatable bonds is 7. The first kappa shape index (κ1) is 24.1. The maximum Gasteiger partial charge on any atom is 0.337 e. The zero-order valence-corrected chi connectivity index (χ0v) is 19.5. The second-order valence-electron chi connectivity index (χ2n) is 6.67. The number of nitrogens with two attached hydrogens (primary N) is 1. The lowest BCUT2D eigenvalue weighted by molar-refractivity contribution is -0.115. The van der Waals surface area contributed by atoms with Crippen LogP contribution in [0, 0.1) is 22.7 Å². The van der Waals surface area contributed by atoms with Crippen LogP contribution < -0.4 is 11.1 Å². The number of benzene rings is 1. The fraction of sp³-hybridized carbons (Fsp3) is 0.136. The Morgan fingerprint density at radius 1 is 1.30 bits per heavy atom. The molecule has 1 unspecified atom stereocenters. The van der Waals surface area contributed by atoms with E-state index >= 15 is 0 Å². The van der Waals surface area contributed by atoms with Crippen LogP contribution in [0.1, 0.15) is 34.8 Å². The number of carboxylic acids is 1. The maximum absolute atomic E-state index is 12.9. The molecule has 11 heteroatoms. The molecular weight excluding hydrogens is 482 g/mol. The fourth-order valence-electron chi connectivity index (χ4n) is 3.03. The van der Waals surface area contributed by atoms with Gasteiger partial charge >= 0.3 is 5.97 Å². The second kappa shape index (κ2) is 10.4. The number of nitrogens with zero attached hydrogens (tertiary/aromatic N) is 3. The predicted octanol–water partition coefficient (Wildman–Crippen LogP) is 5.00. The van der Waals surface area contributed by atoms with E-state index in [9.17, 15) is 25.2 Å². The molecule has 0 fully saturated rings. The Morgan fingerprint density at radius 2 is 2.03 bits per heavy atom. The van der Waals surface area contributed by atoms with Gasteiger partial charge in [0.2, 0.25) is 5.91 Å². The van der Waals surface area contributed by atoms with Gasteiger partial charge in [-0.2, -0.15) is 21.9 Å². The van der Waals surface area contributed by atoms with Gasteiger partial charge in [-0.05, 0) is 47.0 Å². The highest BCUT2D eigenvalue weighted by Gasteiger charge is 2.26. The highest BCUT2D eigenvalue weighted by Crippen LogP contribution is 2.38. The molecule has 0 radical (unpaired) electrons. The van der Waals surface area contributed by atoms with Crippen LogP contribution in [0.3, 0.4) is 0 Å². The van der Waals surface area contributed by atoms with E-state index in [1.54, 1.807) is 18.4 Å². The number of pyridine rings is 1. The molecule has 1 atom stereocenters. The van der Waals surface area contributed by atoms with Crippen molar-refractivity contribution in [3.63, 3.8) is 0 Å². The van der Waals surface area contributed by atoms with Gasteiger partial charge in [0.15, 0.2) is 0 Å². The molecule has 166 valence electrons. The molecule has 8 nitrogen and oxygen atoms in total. The minimum Gasteiger partial charge on any atom is -0.478 e. The van der Waals surface area contributed by atoms with Gasteiger partial charge in [-0.3, -0.25) is 4.79 Å². The number of nitrogen functional groups attached to an aromatic ring is 1. The van der Waals surface area contributed by atoms with Gasteiger partial charge in [0, 0.05) is 11.3 Å². The van der Waals surface area contributed by atoms with Crippen molar-refractivity contribution in [3.05, 3.63) is 56.7 Å². The zero-order valence-electron chi connectivity index (χ0n) is 17.1. The van der Waals surface area contributed by atoms with E-state index in [1.165, 1.54) is 29.5 Å². The van der Waals surface area contributed by atoms with Gasteiger partial charge in [-0.1, -0.05) is 30.3 Å². The number of thioether (sulfide) groups is 1. The van der Waals surface area contributed by atoms with Crippen molar-refractivity contribution in [1.29, 1.82) is 10.5 Å². The topological polar surface area (TPSA) is 153 Å². The Labute approximate surface area is 202 Å². The summed E-state index contributed by atoms with van der Waals surface area (Å²) in [5.41, 5.74) is 7.48. The molecule has 0 spiro atoms. The largest absolute Gasteiger partial charge is 0.478 e. The summed E-state index contributed by atoms with van der Waals surface area (Å²) in [6, 6.07) is 10.0. The van der Waals surface area contributed by atoms with Crippen molar-refractivity contribution in [2.75, 3.05) is 11.1 Å². The van der Waals surface area contributed by atoms with E-state index < -0.39 is 17.1 Å². The van der Waals surface area contributed by atoms with Crippen LogP contribution >= 0.6 is 34.7 Å². The summed E-state index contributed by atoms with van der Waals surface area (Å²) < 4.78 is 0. The molecule has 0 aliphatic heterocycles. The number of nitrogens with one attached hydrogen (secondary N) is 1. The third-order valence-corrected chi connectivity index (χ3v) is 6.97. The normalized spacial score (nSPS) is 11.3. The lowest BCUT2D eigenvalue weighted by Gasteiger charge is -2.17. The van der Waals surface area contributed by atoms with E-state index in [0.29, 0.717) is 17.5 Å². The van der Waals surface area contributed by atoms with Gasteiger partial charge in [-0.15, -0.1) is 0 Å². The van der Waals surface area contributed by atoms with Gasteiger partial charge in [0.25, 0.3) is 0 Å². The molecule has 0 saturated carbocycles. The quantitative estimate of drug-likeness (QED) is 0.385. The molecule has 0 bridgehead atoms. The minimum absolute atomic E-state index is 0.0285. The number of thiophene rings is 1. The summed E-state index contributed by atoms with van der Waals surface area (Å²) in [7, 11) is 0. The fourth-order valence-corrected chi connectivity index (χ4v) is 4.89. The zero-order chi connectivity index (χ0) is 24.1. The summed E-state index contributed by atoms with van der Waals surface area (Å²) in [6.45, 7) is 1.79. The lowest BCUT2D eigenvalue weighted by Crippen LogP contribution is -2.25. The van der Waals surface area contributed by atoms with Crippen LogP contribution in [0.25, 0.3) is 11.1 Å². The van der Waals surface area contributed by atoms with E-state index in [4.69, 9.17) is 17.3 Å². The van der Waals surface area contributed by atoms with Crippen molar-refractivity contribution >= 4 is 58.1 Å². The predicted molar refractivity (Wildman–Crippen MR) is 128 cm³/mol. The molecule has 0 aliphatic carbocycles. The number of carbonyl (C=O) groups is 2. The number of anilines is 2. The highest BCUT2D eigenvalue weighted by atomic mass is 35.5. The van der Waals surface area contributed by atoms with Gasteiger partial charge in [0.1, 0.15) is 28.5 Å². The number of halogens is 1. The Kier molecular flexibility index (Phi) is 7.56. The number of aromatic carboxylic acids is 1. The summed E-state index contributed by atoms with van der Waals surface area (Å²) in [5, 5.41) is 34.6. The number of nitriles is 2. The first-order valence-corrected chi connectivity index (χ1v) is 11.7. The third-order valence-electron chi connectivity index (χ3n) is 4.61. The van der Waals surface area contributed by atoms with Crippen LogP contribution in [-0.2, 0) is 4.79 Å². The van der Waals surface area contributed by atoms with Gasteiger partial charge < -0.3 is 16.2 Å². The molecule has 2 heterocycles. The average molecular weight is 498 g/mol. The first-order valence-electron chi connectivity index (χ1n) is 9.47. The molecule has 1 aromatic carbocycles. The standard InChI is InChI=1S/C22H16ClN5O3S2/c1-2-17(20(29)27-12-3-4-16(23)13(7-12)22(30)31)33-21-15(9-25)18(11-5-6-32-10-11)14(8-24)19(26)28-21/h3-7,10,17H,2H2,1H3,(H2,26,28)(H,27,29)(H,30,31). The van der Waals surface area contributed by atoms with Crippen LogP contribution in [0.2, 0.25) is 5.02 Å². The van der Waals surface area contributed by atoms with E-state index in [-0.39, 0.29) is 38.2 Å². The monoisotopic (exact) mass is 497 g/mol. The number of carbonyl (C=O) groups excluding carboxylic acids is 1. The van der Waals surface area contributed by atoms with Crippen LogP contribution in [0.5, 0.6) is 0 Å².